The first-order chi connectivity index (χ1) is 6.66. The van der Waals surface area contributed by atoms with Gasteiger partial charge in [-0.25, -0.2) is 0 Å². The molecule has 14 heavy (non-hydrogen) atoms. The number of aliphatic hydroxyl groups excluding tert-OH is 3. The van der Waals surface area contributed by atoms with E-state index in [1.165, 1.54) is 0 Å². The van der Waals surface area contributed by atoms with Crippen LogP contribution in [-0.4, -0.2) is 28.0 Å². The highest BCUT2D eigenvalue weighted by Crippen LogP contribution is 2.23. The first-order valence-corrected chi connectivity index (χ1v) is 4.68. The zero-order chi connectivity index (χ0) is 10.6. The van der Waals surface area contributed by atoms with Crippen molar-refractivity contribution in [3.63, 3.8) is 0 Å². The molecule has 3 atom stereocenters. The fourth-order valence-electron chi connectivity index (χ4n) is 1.41. The summed E-state index contributed by atoms with van der Waals surface area (Å²) in [4.78, 5) is 0. The number of hydrogen-bond acceptors (Lipinski definition) is 3. The molecule has 1 rings (SSSR count). The summed E-state index contributed by atoms with van der Waals surface area (Å²) in [5, 5.41) is 28.2. The van der Waals surface area contributed by atoms with Crippen molar-refractivity contribution in [2.45, 2.75) is 19.1 Å². The normalized spacial score (nSPS) is 17.4. The first kappa shape index (κ1) is 11.2. The van der Waals surface area contributed by atoms with Gasteiger partial charge >= 0.3 is 0 Å². The fraction of sp³-hybridized carbons (Fsp3) is 0.455. The summed E-state index contributed by atoms with van der Waals surface area (Å²) in [6.07, 6.45) is -1.54. The lowest BCUT2D eigenvalue weighted by Gasteiger charge is -2.23. The Hall–Kier alpha value is -0.900. The number of hydrogen-bond donors (Lipinski definition) is 3. The lowest BCUT2D eigenvalue weighted by Crippen LogP contribution is -2.27. The topological polar surface area (TPSA) is 60.7 Å². The van der Waals surface area contributed by atoms with Crippen LogP contribution in [0.2, 0.25) is 0 Å². The summed E-state index contributed by atoms with van der Waals surface area (Å²) in [7, 11) is 0. The Balaban J connectivity index is 2.78. The summed E-state index contributed by atoms with van der Waals surface area (Å²) in [5.41, 5.74) is 0.715. The van der Waals surface area contributed by atoms with Crippen molar-refractivity contribution in [3.8, 4) is 0 Å². The zero-order valence-electron chi connectivity index (χ0n) is 8.17. The molecule has 0 aliphatic carbocycles. The van der Waals surface area contributed by atoms with Gasteiger partial charge in [-0.1, -0.05) is 30.3 Å². The molecule has 0 aliphatic rings. The van der Waals surface area contributed by atoms with Gasteiger partial charge < -0.3 is 15.3 Å². The minimum Gasteiger partial charge on any atom is -0.396 e. The van der Waals surface area contributed by atoms with Gasteiger partial charge in [0.15, 0.2) is 0 Å². The largest absolute Gasteiger partial charge is 0.396 e. The van der Waals surface area contributed by atoms with Gasteiger partial charge in [0.1, 0.15) is 0 Å². The summed E-state index contributed by atoms with van der Waals surface area (Å²) >= 11 is 0. The first-order valence-electron chi connectivity index (χ1n) is 4.68. The van der Waals surface area contributed by atoms with Crippen LogP contribution in [0.25, 0.3) is 0 Å². The molecule has 0 saturated heterocycles. The van der Waals surface area contributed by atoms with E-state index in [1.54, 1.807) is 19.1 Å². The Morgan fingerprint density at radius 1 is 1.14 bits per heavy atom. The number of benzene rings is 1. The summed E-state index contributed by atoms with van der Waals surface area (Å²) in [6.45, 7) is 1.33. The molecule has 0 saturated carbocycles. The van der Waals surface area contributed by atoms with E-state index in [-0.39, 0.29) is 6.61 Å². The lowest BCUT2D eigenvalue weighted by atomic mass is 9.92. The van der Waals surface area contributed by atoms with Crippen molar-refractivity contribution in [2.75, 3.05) is 6.61 Å². The van der Waals surface area contributed by atoms with Gasteiger partial charge in [-0.3, -0.25) is 0 Å². The molecule has 3 N–H and O–H groups in total. The molecule has 0 radical (unpaired) electrons. The highest BCUT2D eigenvalue weighted by molar-refractivity contribution is 5.18. The summed E-state index contributed by atoms with van der Waals surface area (Å²) in [5.74, 6) is -0.530. The highest BCUT2D eigenvalue weighted by atomic mass is 16.3. The van der Waals surface area contributed by atoms with E-state index in [1.807, 2.05) is 18.2 Å². The molecule has 78 valence electrons. The van der Waals surface area contributed by atoms with E-state index in [4.69, 9.17) is 5.11 Å². The van der Waals surface area contributed by atoms with Crippen molar-refractivity contribution >= 4 is 0 Å². The fourth-order valence-corrected chi connectivity index (χ4v) is 1.41. The van der Waals surface area contributed by atoms with Gasteiger partial charge in [0, 0.05) is 5.92 Å². The van der Waals surface area contributed by atoms with Crippen LogP contribution in [-0.2, 0) is 0 Å². The van der Waals surface area contributed by atoms with E-state index in [2.05, 4.69) is 0 Å². The Labute approximate surface area is 83.6 Å². The molecule has 0 amide bonds. The predicted molar refractivity (Wildman–Crippen MR) is 53.7 cm³/mol. The van der Waals surface area contributed by atoms with Crippen LogP contribution in [0.1, 0.15) is 18.6 Å². The Bertz CT molecular complexity index is 258. The minimum absolute atomic E-state index is 0.228. The van der Waals surface area contributed by atoms with E-state index >= 15 is 0 Å². The maximum atomic E-state index is 9.83. The standard InChI is InChI=1S/C11H16O3/c1-8(13)10(7-12)11(14)9-5-3-2-4-6-9/h2-6,8,10-14H,7H2,1H3. The van der Waals surface area contributed by atoms with Gasteiger partial charge in [0.2, 0.25) is 0 Å². The molecular weight excluding hydrogens is 180 g/mol. The number of rotatable bonds is 4. The van der Waals surface area contributed by atoms with Crippen molar-refractivity contribution in [1.29, 1.82) is 0 Å². The van der Waals surface area contributed by atoms with Gasteiger partial charge in [0.25, 0.3) is 0 Å². The lowest BCUT2D eigenvalue weighted by molar-refractivity contribution is -0.00952. The van der Waals surface area contributed by atoms with Crippen LogP contribution in [0.5, 0.6) is 0 Å². The third-order valence-corrected chi connectivity index (χ3v) is 2.38. The van der Waals surface area contributed by atoms with Crippen LogP contribution < -0.4 is 0 Å². The second-order valence-corrected chi connectivity index (χ2v) is 3.44. The predicted octanol–water partition coefficient (Wildman–Crippen LogP) is 0.709. The van der Waals surface area contributed by atoms with Gasteiger partial charge in [-0.15, -0.1) is 0 Å². The Kier molecular flexibility index (Phi) is 4.07. The average Bonchev–Trinajstić information content (AvgIpc) is 2.19. The van der Waals surface area contributed by atoms with Crippen molar-refractivity contribution in [1.82, 2.24) is 0 Å². The van der Waals surface area contributed by atoms with Crippen molar-refractivity contribution in [2.24, 2.45) is 5.92 Å². The van der Waals surface area contributed by atoms with E-state index in [0.29, 0.717) is 5.56 Å². The molecule has 0 fully saturated rings. The maximum Gasteiger partial charge on any atom is 0.0864 e. The van der Waals surface area contributed by atoms with E-state index in [9.17, 15) is 10.2 Å². The maximum absolute atomic E-state index is 9.83. The average molecular weight is 196 g/mol. The Morgan fingerprint density at radius 3 is 2.14 bits per heavy atom. The molecule has 3 nitrogen and oxygen atoms in total. The molecule has 0 heterocycles. The van der Waals surface area contributed by atoms with Crippen LogP contribution >= 0.6 is 0 Å². The summed E-state index contributed by atoms with van der Waals surface area (Å²) in [6, 6.07) is 9.03. The Morgan fingerprint density at radius 2 is 1.71 bits per heavy atom. The van der Waals surface area contributed by atoms with Crippen LogP contribution in [0.4, 0.5) is 0 Å². The van der Waals surface area contributed by atoms with Crippen LogP contribution in [0.15, 0.2) is 30.3 Å². The van der Waals surface area contributed by atoms with Crippen LogP contribution in [0.3, 0.4) is 0 Å². The second-order valence-electron chi connectivity index (χ2n) is 3.44. The minimum atomic E-state index is -0.818. The summed E-state index contributed by atoms with van der Waals surface area (Å²) < 4.78 is 0. The molecule has 1 aromatic carbocycles. The molecule has 0 bridgehead atoms. The molecule has 0 spiro atoms. The molecular formula is C11H16O3. The molecule has 1 aromatic rings. The monoisotopic (exact) mass is 196 g/mol. The van der Waals surface area contributed by atoms with Gasteiger partial charge in [0.05, 0.1) is 18.8 Å². The zero-order valence-corrected chi connectivity index (χ0v) is 8.17. The van der Waals surface area contributed by atoms with E-state index < -0.39 is 18.1 Å². The third kappa shape index (κ3) is 2.54. The highest BCUT2D eigenvalue weighted by Gasteiger charge is 2.24. The molecule has 3 unspecified atom stereocenters. The number of aliphatic hydroxyl groups is 3. The van der Waals surface area contributed by atoms with Crippen molar-refractivity contribution in [3.05, 3.63) is 35.9 Å². The quantitative estimate of drug-likeness (QED) is 0.664. The third-order valence-electron chi connectivity index (χ3n) is 2.38. The second kappa shape index (κ2) is 5.10. The molecule has 0 aliphatic heterocycles. The van der Waals surface area contributed by atoms with E-state index in [0.717, 1.165) is 0 Å². The molecule has 0 aromatic heterocycles. The van der Waals surface area contributed by atoms with Crippen LogP contribution in [0, 0.1) is 5.92 Å². The SMILES string of the molecule is CC(O)C(CO)C(O)c1ccccc1. The molecule has 3 heteroatoms. The smallest absolute Gasteiger partial charge is 0.0864 e. The van der Waals surface area contributed by atoms with Gasteiger partial charge in [-0.2, -0.15) is 0 Å². The van der Waals surface area contributed by atoms with Gasteiger partial charge in [-0.05, 0) is 12.5 Å². The van der Waals surface area contributed by atoms with Crippen molar-refractivity contribution < 1.29 is 15.3 Å².